The zero-order chi connectivity index (χ0) is 15.9. The van der Waals surface area contributed by atoms with Gasteiger partial charge in [-0.2, -0.15) is 0 Å². The maximum Gasteiger partial charge on any atom is 0.140 e. The molecule has 0 saturated heterocycles. The second-order valence-corrected chi connectivity index (χ2v) is 5.60. The summed E-state index contributed by atoms with van der Waals surface area (Å²) in [6, 6.07) is 11.0. The van der Waals surface area contributed by atoms with Gasteiger partial charge in [-0.25, -0.2) is 0 Å². The van der Waals surface area contributed by atoms with Crippen LogP contribution in [0.15, 0.2) is 36.4 Å². The van der Waals surface area contributed by atoms with Crippen LogP contribution in [0.1, 0.15) is 12.0 Å². The predicted octanol–water partition coefficient (Wildman–Crippen LogP) is 5.16. The number of halogens is 2. The first-order valence-corrected chi connectivity index (χ1v) is 7.71. The zero-order valence-corrected chi connectivity index (χ0v) is 14.1. The van der Waals surface area contributed by atoms with Crippen LogP contribution in [0.4, 0.5) is 0 Å². The molecule has 0 saturated carbocycles. The van der Waals surface area contributed by atoms with Crippen molar-refractivity contribution in [2.75, 3.05) is 20.3 Å². The summed E-state index contributed by atoms with van der Waals surface area (Å²) in [7, 11) is 1.64. The molecular formula is C17H18Cl2O3. The number of methoxy groups -OCH3 is 1. The SMILES string of the molecule is COc1ccc(OCCCOc2c(C)cc(Cl)cc2Cl)cc1. The smallest absolute Gasteiger partial charge is 0.140 e. The summed E-state index contributed by atoms with van der Waals surface area (Å²) in [6.07, 6.45) is 0.754. The first kappa shape index (κ1) is 16.8. The molecule has 0 spiro atoms. The van der Waals surface area contributed by atoms with Crippen LogP contribution in [0.3, 0.4) is 0 Å². The lowest BCUT2D eigenvalue weighted by Gasteiger charge is -2.12. The molecule has 22 heavy (non-hydrogen) atoms. The topological polar surface area (TPSA) is 27.7 Å². The Morgan fingerprint density at radius 3 is 2.18 bits per heavy atom. The van der Waals surface area contributed by atoms with Crippen LogP contribution in [-0.2, 0) is 0 Å². The van der Waals surface area contributed by atoms with Crippen LogP contribution in [0.5, 0.6) is 17.2 Å². The summed E-state index contributed by atoms with van der Waals surface area (Å²) in [5, 5.41) is 1.14. The van der Waals surface area contributed by atoms with E-state index in [0.717, 1.165) is 23.5 Å². The van der Waals surface area contributed by atoms with E-state index in [1.807, 2.05) is 37.3 Å². The van der Waals surface area contributed by atoms with E-state index < -0.39 is 0 Å². The quantitative estimate of drug-likeness (QED) is 0.651. The summed E-state index contributed by atoms with van der Waals surface area (Å²) in [5.74, 6) is 2.29. The minimum Gasteiger partial charge on any atom is -0.497 e. The molecule has 0 radical (unpaired) electrons. The number of ether oxygens (including phenoxy) is 3. The molecule has 0 atom stereocenters. The van der Waals surface area contributed by atoms with Gasteiger partial charge in [0.25, 0.3) is 0 Å². The third-order valence-corrected chi connectivity index (χ3v) is 3.56. The highest BCUT2D eigenvalue weighted by atomic mass is 35.5. The second-order valence-electron chi connectivity index (χ2n) is 4.76. The summed E-state index contributed by atoms with van der Waals surface area (Å²) < 4.78 is 16.4. The minimum atomic E-state index is 0.526. The highest BCUT2D eigenvalue weighted by Crippen LogP contribution is 2.31. The standard InChI is InChI=1S/C17H18Cl2O3/c1-12-10-13(18)11-16(19)17(12)22-9-3-8-21-15-6-4-14(20-2)5-7-15/h4-7,10-11H,3,8-9H2,1-2H3. The highest BCUT2D eigenvalue weighted by Gasteiger charge is 2.07. The molecule has 0 aliphatic heterocycles. The Balaban J connectivity index is 1.75. The summed E-state index contributed by atoms with van der Waals surface area (Å²) in [5.41, 5.74) is 0.925. The highest BCUT2D eigenvalue weighted by molar-refractivity contribution is 6.35. The molecule has 5 heteroatoms. The molecule has 0 aliphatic carbocycles. The van der Waals surface area contributed by atoms with Crippen molar-refractivity contribution in [1.82, 2.24) is 0 Å². The Hall–Kier alpha value is -1.58. The Morgan fingerprint density at radius 2 is 1.55 bits per heavy atom. The van der Waals surface area contributed by atoms with Gasteiger partial charge in [-0.05, 0) is 48.9 Å². The molecule has 0 aliphatic rings. The van der Waals surface area contributed by atoms with Crippen LogP contribution in [0, 0.1) is 6.92 Å². The molecule has 2 rings (SSSR count). The van der Waals surface area contributed by atoms with Crippen molar-refractivity contribution in [3.63, 3.8) is 0 Å². The van der Waals surface area contributed by atoms with Crippen molar-refractivity contribution < 1.29 is 14.2 Å². The fraction of sp³-hybridized carbons (Fsp3) is 0.294. The van der Waals surface area contributed by atoms with Gasteiger partial charge in [0.2, 0.25) is 0 Å². The Kier molecular flexibility index (Phi) is 6.22. The molecule has 0 N–H and O–H groups in total. The predicted molar refractivity (Wildman–Crippen MR) is 89.8 cm³/mol. The van der Waals surface area contributed by atoms with Gasteiger partial charge in [-0.15, -0.1) is 0 Å². The molecule has 0 unspecified atom stereocenters. The van der Waals surface area contributed by atoms with Gasteiger partial charge in [0.1, 0.15) is 17.2 Å². The Morgan fingerprint density at radius 1 is 0.909 bits per heavy atom. The molecule has 2 aromatic rings. The average Bonchev–Trinajstić information content (AvgIpc) is 2.49. The van der Waals surface area contributed by atoms with Gasteiger partial charge < -0.3 is 14.2 Å². The van der Waals surface area contributed by atoms with Gasteiger partial charge in [0, 0.05) is 11.4 Å². The average molecular weight is 341 g/mol. The number of hydrogen-bond acceptors (Lipinski definition) is 3. The first-order chi connectivity index (χ1) is 10.6. The molecule has 0 bridgehead atoms. The van der Waals surface area contributed by atoms with Crippen molar-refractivity contribution in [2.45, 2.75) is 13.3 Å². The van der Waals surface area contributed by atoms with E-state index in [1.54, 1.807) is 13.2 Å². The molecule has 118 valence electrons. The van der Waals surface area contributed by atoms with E-state index >= 15 is 0 Å². The molecule has 0 aromatic heterocycles. The summed E-state index contributed by atoms with van der Waals surface area (Å²) in [4.78, 5) is 0. The van der Waals surface area contributed by atoms with E-state index in [0.29, 0.717) is 29.0 Å². The van der Waals surface area contributed by atoms with Gasteiger partial charge in [0.15, 0.2) is 0 Å². The fourth-order valence-corrected chi connectivity index (χ4v) is 2.62. The third-order valence-electron chi connectivity index (χ3n) is 3.06. The van der Waals surface area contributed by atoms with E-state index in [2.05, 4.69) is 0 Å². The molecule has 0 heterocycles. The van der Waals surface area contributed by atoms with Gasteiger partial charge in [-0.3, -0.25) is 0 Å². The van der Waals surface area contributed by atoms with E-state index in [1.165, 1.54) is 0 Å². The molecular weight excluding hydrogens is 323 g/mol. The first-order valence-electron chi connectivity index (χ1n) is 6.95. The lowest BCUT2D eigenvalue weighted by molar-refractivity contribution is 0.246. The van der Waals surface area contributed by atoms with Crippen LogP contribution < -0.4 is 14.2 Å². The number of hydrogen-bond donors (Lipinski definition) is 0. The zero-order valence-electron chi connectivity index (χ0n) is 12.6. The lowest BCUT2D eigenvalue weighted by atomic mass is 10.2. The van der Waals surface area contributed by atoms with Crippen molar-refractivity contribution in [1.29, 1.82) is 0 Å². The van der Waals surface area contributed by atoms with E-state index in [-0.39, 0.29) is 0 Å². The van der Waals surface area contributed by atoms with Crippen LogP contribution in [0.2, 0.25) is 10.0 Å². The van der Waals surface area contributed by atoms with Crippen molar-refractivity contribution >= 4 is 23.2 Å². The monoisotopic (exact) mass is 340 g/mol. The molecule has 0 fully saturated rings. The number of benzene rings is 2. The van der Waals surface area contributed by atoms with E-state index in [9.17, 15) is 0 Å². The maximum absolute atomic E-state index is 6.12. The molecule has 3 nitrogen and oxygen atoms in total. The second kappa shape index (κ2) is 8.16. The van der Waals surface area contributed by atoms with Crippen molar-refractivity contribution in [3.8, 4) is 17.2 Å². The van der Waals surface area contributed by atoms with Crippen LogP contribution in [-0.4, -0.2) is 20.3 Å². The normalized spacial score (nSPS) is 10.4. The van der Waals surface area contributed by atoms with Crippen molar-refractivity contribution in [2.24, 2.45) is 0 Å². The summed E-state index contributed by atoms with van der Waals surface area (Å²) >= 11 is 12.0. The Bertz CT molecular complexity index is 589. The van der Waals surface area contributed by atoms with Gasteiger partial charge >= 0.3 is 0 Å². The summed E-state index contributed by atoms with van der Waals surface area (Å²) in [6.45, 7) is 3.01. The fourth-order valence-electron chi connectivity index (χ4n) is 1.97. The van der Waals surface area contributed by atoms with Gasteiger partial charge in [0.05, 0.1) is 25.3 Å². The van der Waals surface area contributed by atoms with Crippen LogP contribution >= 0.6 is 23.2 Å². The molecule has 0 amide bonds. The van der Waals surface area contributed by atoms with Gasteiger partial charge in [-0.1, -0.05) is 23.2 Å². The Labute approximate surface area is 140 Å². The number of rotatable bonds is 7. The van der Waals surface area contributed by atoms with E-state index in [4.69, 9.17) is 37.4 Å². The number of aryl methyl sites for hydroxylation is 1. The minimum absolute atomic E-state index is 0.526. The third kappa shape index (κ3) is 4.72. The largest absolute Gasteiger partial charge is 0.497 e. The van der Waals surface area contributed by atoms with Crippen LogP contribution in [0.25, 0.3) is 0 Å². The lowest BCUT2D eigenvalue weighted by Crippen LogP contribution is -2.06. The van der Waals surface area contributed by atoms with Crippen molar-refractivity contribution in [3.05, 3.63) is 52.0 Å². The molecule has 2 aromatic carbocycles. The maximum atomic E-state index is 6.12.